The number of hydrogen-bond donors (Lipinski definition) is 3. The van der Waals surface area contributed by atoms with E-state index >= 15 is 0 Å². The molecule has 1 aromatic carbocycles. The van der Waals surface area contributed by atoms with E-state index in [-0.39, 0.29) is 30.3 Å². The SMILES string of the molecule is Cc1cc(SCC(=O)NCC2CNCC2O)c(C)cc1Br.Cl. The summed E-state index contributed by atoms with van der Waals surface area (Å²) in [5.74, 6) is 0.535. The first-order valence-electron chi connectivity index (χ1n) is 7.02. The number of carbonyl (C=O) groups is 1. The van der Waals surface area contributed by atoms with Crippen LogP contribution in [0.4, 0.5) is 0 Å². The predicted molar refractivity (Wildman–Crippen MR) is 97.0 cm³/mol. The van der Waals surface area contributed by atoms with Crippen molar-refractivity contribution in [1.29, 1.82) is 0 Å². The Morgan fingerprint density at radius 2 is 2.14 bits per heavy atom. The third-order valence-electron chi connectivity index (χ3n) is 3.68. The molecule has 0 radical (unpaired) electrons. The molecular weight excluding hydrogens is 388 g/mol. The molecule has 1 fully saturated rings. The van der Waals surface area contributed by atoms with Gasteiger partial charge in [0.05, 0.1) is 11.9 Å². The van der Waals surface area contributed by atoms with Crippen molar-refractivity contribution in [1.82, 2.24) is 10.6 Å². The Morgan fingerprint density at radius 1 is 1.41 bits per heavy atom. The minimum Gasteiger partial charge on any atom is -0.391 e. The number of rotatable bonds is 5. The standard InChI is InChI=1S/C15H21BrN2O2S.ClH/c1-9-4-14(10(2)3-12(9)16)21-8-15(20)18-6-11-5-17-7-13(11)19;/h3-4,11,13,17,19H,5-8H2,1-2H3,(H,18,20);1H. The number of carbonyl (C=O) groups excluding carboxylic acids is 1. The Labute approximate surface area is 150 Å². The van der Waals surface area contributed by atoms with Crippen LogP contribution in [-0.2, 0) is 4.79 Å². The first-order valence-corrected chi connectivity index (χ1v) is 8.80. The van der Waals surface area contributed by atoms with E-state index in [0.29, 0.717) is 18.8 Å². The van der Waals surface area contributed by atoms with E-state index < -0.39 is 0 Å². The highest BCUT2D eigenvalue weighted by molar-refractivity contribution is 9.10. The number of aliphatic hydroxyl groups excluding tert-OH is 1. The van der Waals surface area contributed by atoms with Crippen LogP contribution in [0.5, 0.6) is 0 Å². The van der Waals surface area contributed by atoms with E-state index in [2.05, 4.69) is 38.7 Å². The largest absolute Gasteiger partial charge is 0.391 e. The number of β-amino-alcohol motifs (C(OH)–C–C–N with tert-alkyl or cyclic N) is 1. The zero-order valence-corrected chi connectivity index (χ0v) is 15.9. The summed E-state index contributed by atoms with van der Waals surface area (Å²) in [4.78, 5) is 13.0. The molecule has 1 saturated heterocycles. The van der Waals surface area contributed by atoms with Gasteiger partial charge in [-0.2, -0.15) is 0 Å². The van der Waals surface area contributed by atoms with E-state index in [0.717, 1.165) is 15.9 Å². The fraction of sp³-hybridized carbons (Fsp3) is 0.533. The van der Waals surface area contributed by atoms with Crippen molar-refractivity contribution in [2.24, 2.45) is 5.92 Å². The highest BCUT2D eigenvalue weighted by Gasteiger charge is 2.24. The third kappa shape index (κ3) is 5.42. The van der Waals surface area contributed by atoms with Gasteiger partial charge in [0.25, 0.3) is 0 Å². The van der Waals surface area contributed by atoms with Gasteiger partial charge in [0.1, 0.15) is 0 Å². The highest BCUT2D eigenvalue weighted by Crippen LogP contribution is 2.28. The molecule has 0 bridgehead atoms. The quantitative estimate of drug-likeness (QED) is 0.653. The van der Waals surface area contributed by atoms with Crippen molar-refractivity contribution in [2.75, 3.05) is 25.4 Å². The minimum absolute atomic E-state index is 0. The molecule has 0 saturated carbocycles. The fourth-order valence-corrected chi connectivity index (χ4v) is 3.67. The second kappa shape index (κ2) is 9.13. The van der Waals surface area contributed by atoms with Crippen LogP contribution in [0.15, 0.2) is 21.5 Å². The number of thioether (sulfide) groups is 1. The summed E-state index contributed by atoms with van der Waals surface area (Å²) in [7, 11) is 0. The molecule has 4 nitrogen and oxygen atoms in total. The molecule has 1 aliphatic rings. The summed E-state index contributed by atoms with van der Waals surface area (Å²) in [5.41, 5.74) is 2.34. The Bertz CT molecular complexity index is 531. The van der Waals surface area contributed by atoms with E-state index in [4.69, 9.17) is 0 Å². The number of halogens is 2. The van der Waals surface area contributed by atoms with E-state index in [1.165, 1.54) is 11.1 Å². The lowest BCUT2D eigenvalue weighted by Crippen LogP contribution is -2.35. The number of nitrogens with one attached hydrogen (secondary N) is 2. The molecule has 2 atom stereocenters. The predicted octanol–water partition coefficient (Wildman–Crippen LogP) is 2.28. The number of aliphatic hydroxyl groups is 1. The van der Waals surface area contributed by atoms with E-state index in [1.807, 2.05) is 13.8 Å². The second-order valence-electron chi connectivity index (χ2n) is 5.45. The van der Waals surface area contributed by atoms with Crippen molar-refractivity contribution < 1.29 is 9.90 Å². The van der Waals surface area contributed by atoms with Gasteiger partial charge in [-0.15, -0.1) is 24.2 Å². The number of benzene rings is 1. The van der Waals surface area contributed by atoms with Crippen molar-refractivity contribution >= 4 is 46.0 Å². The van der Waals surface area contributed by atoms with E-state index in [1.54, 1.807) is 11.8 Å². The van der Waals surface area contributed by atoms with Crippen molar-refractivity contribution in [3.05, 3.63) is 27.7 Å². The van der Waals surface area contributed by atoms with Gasteiger partial charge < -0.3 is 15.7 Å². The molecule has 124 valence electrons. The Morgan fingerprint density at radius 3 is 2.77 bits per heavy atom. The summed E-state index contributed by atoms with van der Waals surface area (Å²) >= 11 is 5.06. The maximum absolute atomic E-state index is 11.9. The topological polar surface area (TPSA) is 61.4 Å². The second-order valence-corrected chi connectivity index (χ2v) is 7.32. The van der Waals surface area contributed by atoms with Crippen LogP contribution in [-0.4, -0.2) is 42.5 Å². The third-order valence-corrected chi connectivity index (χ3v) is 5.69. The van der Waals surface area contributed by atoms with Crippen LogP contribution >= 0.6 is 40.1 Å². The first kappa shape index (κ1) is 19.8. The van der Waals surface area contributed by atoms with Crippen LogP contribution in [0.2, 0.25) is 0 Å². The summed E-state index contributed by atoms with van der Waals surface area (Å²) in [6.07, 6.45) is -0.352. The molecule has 2 rings (SSSR count). The average Bonchev–Trinajstić information content (AvgIpc) is 2.84. The molecule has 1 aliphatic heterocycles. The van der Waals surface area contributed by atoms with Gasteiger partial charge in [-0.25, -0.2) is 0 Å². The monoisotopic (exact) mass is 408 g/mol. The lowest BCUT2D eigenvalue weighted by Gasteiger charge is -2.14. The maximum atomic E-state index is 11.9. The fourth-order valence-electron chi connectivity index (χ4n) is 2.28. The summed E-state index contributed by atoms with van der Waals surface area (Å²) in [5, 5.41) is 15.7. The van der Waals surface area contributed by atoms with Crippen LogP contribution in [0.1, 0.15) is 11.1 Å². The highest BCUT2D eigenvalue weighted by atomic mass is 79.9. The smallest absolute Gasteiger partial charge is 0.230 e. The molecule has 2 unspecified atom stereocenters. The molecule has 7 heteroatoms. The van der Waals surface area contributed by atoms with Gasteiger partial charge in [-0.1, -0.05) is 15.9 Å². The molecule has 0 aromatic heterocycles. The Kier molecular flexibility index (Phi) is 8.21. The first-order chi connectivity index (χ1) is 9.97. The van der Waals surface area contributed by atoms with Crippen LogP contribution in [0, 0.1) is 19.8 Å². The molecule has 0 spiro atoms. The molecule has 22 heavy (non-hydrogen) atoms. The van der Waals surface area contributed by atoms with Crippen molar-refractivity contribution in [3.63, 3.8) is 0 Å². The zero-order valence-electron chi connectivity index (χ0n) is 12.7. The summed E-state index contributed by atoms with van der Waals surface area (Å²) in [6, 6.07) is 4.18. The van der Waals surface area contributed by atoms with Gasteiger partial charge in [0.2, 0.25) is 5.91 Å². The van der Waals surface area contributed by atoms with Gasteiger partial charge in [-0.05, 0) is 37.1 Å². The average molecular weight is 410 g/mol. The molecule has 0 aliphatic carbocycles. The molecule has 3 N–H and O–H groups in total. The van der Waals surface area contributed by atoms with E-state index in [9.17, 15) is 9.90 Å². The number of amides is 1. The summed E-state index contributed by atoms with van der Waals surface area (Å²) < 4.78 is 1.09. The normalized spacial score (nSPS) is 20.5. The Balaban J connectivity index is 0.00000242. The van der Waals surface area contributed by atoms with Gasteiger partial charge in [0.15, 0.2) is 0 Å². The molecular formula is C15H22BrClN2O2S. The van der Waals surface area contributed by atoms with Crippen LogP contribution in [0.25, 0.3) is 0 Å². The van der Waals surface area contributed by atoms with Crippen LogP contribution < -0.4 is 10.6 Å². The van der Waals surface area contributed by atoms with Gasteiger partial charge >= 0.3 is 0 Å². The zero-order chi connectivity index (χ0) is 15.4. The lowest BCUT2D eigenvalue weighted by atomic mass is 10.1. The van der Waals surface area contributed by atoms with Gasteiger partial charge in [0, 0.05) is 34.9 Å². The lowest BCUT2D eigenvalue weighted by molar-refractivity contribution is -0.118. The minimum atomic E-state index is -0.352. The summed E-state index contributed by atoms with van der Waals surface area (Å²) in [6.45, 7) is 6.01. The number of aryl methyl sites for hydroxylation is 2. The van der Waals surface area contributed by atoms with Crippen LogP contribution in [0.3, 0.4) is 0 Å². The molecule has 1 aromatic rings. The van der Waals surface area contributed by atoms with Gasteiger partial charge in [-0.3, -0.25) is 4.79 Å². The van der Waals surface area contributed by atoms with Crippen molar-refractivity contribution in [3.8, 4) is 0 Å². The van der Waals surface area contributed by atoms with Crippen molar-refractivity contribution in [2.45, 2.75) is 24.8 Å². The molecule has 1 amide bonds. The maximum Gasteiger partial charge on any atom is 0.230 e. The Hall–Kier alpha value is -0.270. The number of hydrogen-bond acceptors (Lipinski definition) is 4. The molecule has 1 heterocycles.